The standard InChI is InChI=1S/C12H16BrFN2/c1-9-8-16(7-3-6-15-9)12-10(13)4-2-5-11(12)14/h2,4-5,9,15H,3,6-8H2,1H3. The number of hydrogen-bond acceptors (Lipinski definition) is 2. The molecule has 0 radical (unpaired) electrons. The van der Waals surface area contributed by atoms with Gasteiger partial charge in [-0.25, -0.2) is 4.39 Å². The summed E-state index contributed by atoms with van der Waals surface area (Å²) in [5.41, 5.74) is 0.693. The number of nitrogens with zero attached hydrogens (tertiary/aromatic N) is 1. The normalized spacial score (nSPS) is 21.9. The first-order valence-corrected chi connectivity index (χ1v) is 6.40. The highest BCUT2D eigenvalue weighted by atomic mass is 79.9. The average molecular weight is 287 g/mol. The van der Waals surface area contributed by atoms with Crippen LogP contribution in [0.5, 0.6) is 0 Å². The molecule has 0 aliphatic carbocycles. The Morgan fingerprint density at radius 2 is 2.31 bits per heavy atom. The number of hydrogen-bond donors (Lipinski definition) is 1. The van der Waals surface area contributed by atoms with E-state index in [2.05, 4.69) is 33.1 Å². The van der Waals surface area contributed by atoms with Crippen LogP contribution in [0.15, 0.2) is 22.7 Å². The molecule has 0 spiro atoms. The number of benzene rings is 1. The van der Waals surface area contributed by atoms with E-state index in [4.69, 9.17) is 0 Å². The van der Waals surface area contributed by atoms with Gasteiger partial charge in [-0.2, -0.15) is 0 Å². The molecule has 0 amide bonds. The smallest absolute Gasteiger partial charge is 0.147 e. The quantitative estimate of drug-likeness (QED) is 0.854. The third-order valence-electron chi connectivity index (χ3n) is 2.85. The molecule has 16 heavy (non-hydrogen) atoms. The summed E-state index contributed by atoms with van der Waals surface area (Å²) in [6.07, 6.45) is 1.05. The van der Waals surface area contributed by atoms with E-state index in [9.17, 15) is 4.39 Å². The Balaban J connectivity index is 2.28. The summed E-state index contributed by atoms with van der Waals surface area (Å²) in [4.78, 5) is 2.12. The van der Waals surface area contributed by atoms with Crippen LogP contribution in [0.3, 0.4) is 0 Å². The Labute approximate surface area is 104 Å². The molecule has 0 bridgehead atoms. The van der Waals surface area contributed by atoms with Crippen molar-refractivity contribution in [3.63, 3.8) is 0 Å². The lowest BCUT2D eigenvalue weighted by molar-refractivity contribution is 0.577. The minimum Gasteiger partial charge on any atom is -0.367 e. The first kappa shape index (κ1) is 11.9. The maximum Gasteiger partial charge on any atom is 0.147 e. The second-order valence-electron chi connectivity index (χ2n) is 4.23. The summed E-state index contributed by atoms with van der Waals surface area (Å²) >= 11 is 3.43. The molecule has 0 saturated carbocycles. The molecule has 1 aromatic rings. The van der Waals surface area contributed by atoms with Gasteiger partial charge in [-0.05, 0) is 48.0 Å². The predicted octanol–water partition coefficient (Wildman–Crippen LogP) is 2.78. The zero-order valence-corrected chi connectivity index (χ0v) is 10.9. The highest BCUT2D eigenvalue weighted by Crippen LogP contribution is 2.29. The van der Waals surface area contributed by atoms with Crippen molar-refractivity contribution in [3.05, 3.63) is 28.5 Å². The Morgan fingerprint density at radius 1 is 1.50 bits per heavy atom. The molecule has 1 atom stereocenters. The van der Waals surface area contributed by atoms with Gasteiger partial charge in [-0.15, -0.1) is 0 Å². The van der Waals surface area contributed by atoms with Crippen LogP contribution in [0.4, 0.5) is 10.1 Å². The molecule has 2 nitrogen and oxygen atoms in total. The van der Waals surface area contributed by atoms with E-state index >= 15 is 0 Å². The molecule has 88 valence electrons. The molecular formula is C12H16BrFN2. The van der Waals surface area contributed by atoms with Gasteiger partial charge in [0.15, 0.2) is 0 Å². The maximum absolute atomic E-state index is 13.8. The average Bonchev–Trinajstić information content (AvgIpc) is 2.43. The van der Waals surface area contributed by atoms with Gasteiger partial charge in [0.05, 0.1) is 5.69 Å². The van der Waals surface area contributed by atoms with Crippen molar-refractivity contribution in [1.82, 2.24) is 5.32 Å². The number of nitrogens with one attached hydrogen (secondary N) is 1. The Morgan fingerprint density at radius 3 is 3.06 bits per heavy atom. The zero-order valence-electron chi connectivity index (χ0n) is 9.34. The molecular weight excluding hydrogens is 271 g/mol. The zero-order chi connectivity index (χ0) is 11.5. The fourth-order valence-corrected chi connectivity index (χ4v) is 2.69. The number of halogens is 2. The van der Waals surface area contributed by atoms with E-state index in [1.807, 2.05) is 6.07 Å². The van der Waals surface area contributed by atoms with Crippen LogP contribution in [0.25, 0.3) is 0 Å². The summed E-state index contributed by atoms with van der Waals surface area (Å²) in [6, 6.07) is 5.53. The molecule has 1 saturated heterocycles. The SMILES string of the molecule is CC1CN(c2c(F)cccc2Br)CCCN1. The summed E-state index contributed by atoms with van der Waals surface area (Å²) < 4.78 is 14.6. The van der Waals surface area contributed by atoms with Gasteiger partial charge in [0.2, 0.25) is 0 Å². The van der Waals surface area contributed by atoms with Crippen LogP contribution >= 0.6 is 15.9 Å². The lowest BCUT2D eigenvalue weighted by atomic mass is 10.2. The van der Waals surface area contributed by atoms with Gasteiger partial charge >= 0.3 is 0 Å². The van der Waals surface area contributed by atoms with Gasteiger partial charge in [-0.3, -0.25) is 0 Å². The number of para-hydroxylation sites is 1. The molecule has 1 unspecified atom stereocenters. The lowest BCUT2D eigenvalue weighted by Crippen LogP contribution is -2.35. The Kier molecular flexibility index (Phi) is 3.82. The van der Waals surface area contributed by atoms with Gasteiger partial charge in [0.25, 0.3) is 0 Å². The van der Waals surface area contributed by atoms with Crippen LogP contribution in [-0.4, -0.2) is 25.7 Å². The van der Waals surface area contributed by atoms with Crippen molar-refractivity contribution >= 4 is 21.6 Å². The van der Waals surface area contributed by atoms with E-state index in [1.165, 1.54) is 6.07 Å². The Hall–Kier alpha value is -0.610. The van der Waals surface area contributed by atoms with Gasteiger partial charge in [0.1, 0.15) is 5.82 Å². The summed E-state index contributed by atoms with van der Waals surface area (Å²) in [5.74, 6) is -0.150. The maximum atomic E-state index is 13.8. The molecule has 1 aliphatic heterocycles. The first-order chi connectivity index (χ1) is 7.68. The third kappa shape index (κ3) is 2.55. The molecule has 1 aromatic carbocycles. The Bertz CT molecular complexity index is 350. The van der Waals surface area contributed by atoms with Crippen molar-refractivity contribution in [1.29, 1.82) is 0 Å². The van der Waals surface area contributed by atoms with Gasteiger partial charge < -0.3 is 10.2 Å². The van der Waals surface area contributed by atoms with Crippen molar-refractivity contribution < 1.29 is 4.39 Å². The van der Waals surface area contributed by atoms with E-state index in [0.717, 1.165) is 30.5 Å². The number of anilines is 1. The molecule has 1 aliphatic rings. The van der Waals surface area contributed by atoms with Crippen LogP contribution in [-0.2, 0) is 0 Å². The second kappa shape index (κ2) is 5.15. The monoisotopic (exact) mass is 286 g/mol. The highest BCUT2D eigenvalue weighted by molar-refractivity contribution is 9.10. The van der Waals surface area contributed by atoms with E-state index in [-0.39, 0.29) is 5.82 Å². The predicted molar refractivity (Wildman–Crippen MR) is 68.4 cm³/mol. The van der Waals surface area contributed by atoms with Crippen molar-refractivity contribution in [2.75, 3.05) is 24.5 Å². The molecule has 1 heterocycles. The number of rotatable bonds is 1. The van der Waals surface area contributed by atoms with E-state index < -0.39 is 0 Å². The second-order valence-corrected chi connectivity index (χ2v) is 5.08. The van der Waals surface area contributed by atoms with E-state index in [1.54, 1.807) is 6.07 Å². The largest absolute Gasteiger partial charge is 0.367 e. The molecule has 0 aromatic heterocycles. The van der Waals surface area contributed by atoms with Crippen molar-refractivity contribution in [2.45, 2.75) is 19.4 Å². The highest BCUT2D eigenvalue weighted by Gasteiger charge is 2.19. The fraction of sp³-hybridized carbons (Fsp3) is 0.500. The summed E-state index contributed by atoms with van der Waals surface area (Å²) in [5, 5.41) is 3.40. The van der Waals surface area contributed by atoms with Crippen LogP contribution < -0.4 is 10.2 Å². The minimum atomic E-state index is -0.150. The molecule has 2 rings (SSSR count). The van der Waals surface area contributed by atoms with Crippen molar-refractivity contribution in [3.8, 4) is 0 Å². The third-order valence-corrected chi connectivity index (χ3v) is 3.49. The van der Waals surface area contributed by atoms with Gasteiger partial charge in [0, 0.05) is 23.6 Å². The van der Waals surface area contributed by atoms with Crippen LogP contribution in [0.2, 0.25) is 0 Å². The molecule has 1 fully saturated rings. The van der Waals surface area contributed by atoms with Gasteiger partial charge in [-0.1, -0.05) is 6.07 Å². The fourth-order valence-electron chi connectivity index (χ4n) is 2.10. The molecule has 4 heteroatoms. The van der Waals surface area contributed by atoms with Crippen LogP contribution in [0, 0.1) is 5.82 Å². The van der Waals surface area contributed by atoms with Crippen molar-refractivity contribution in [2.24, 2.45) is 0 Å². The first-order valence-electron chi connectivity index (χ1n) is 5.61. The molecule has 1 N–H and O–H groups in total. The lowest BCUT2D eigenvalue weighted by Gasteiger charge is -2.26. The minimum absolute atomic E-state index is 0.150. The summed E-state index contributed by atoms with van der Waals surface area (Å²) in [6.45, 7) is 4.88. The summed E-state index contributed by atoms with van der Waals surface area (Å²) in [7, 11) is 0. The van der Waals surface area contributed by atoms with Crippen LogP contribution in [0.1, 0.15) is 13.3 Å². The topological polar surface area (TPSA) is 15.3 Å². The van der Waals surface area contributed by atoms with E-state index in [0.29, 0.717) is 11.7 Å².